The SMILES string of the molecule is COc1cc(C(=O)Nc2ccc3nc(N4CCN(c5ncccn5)CC4)cc(C)c3c2)ccc1Br. The van der Waals surface area contributed by atoms with Gasteiger partial charge in [-0.1, -0.05) is 0 Å². The number of rotatable bonds is 5. The van der Waals surface area contributed by atoms with Gasteiger partial charge in [-0.05, 0) is 76.9 Å². The fourth-order valence-electron chi connectivity index (χ4n) is 4.21. The molecule has 1 N–H and O–H groups in total. The number of ether oxygens (including phenoxy) is 1. The highest BCUT2D eigenvalue weighted by Gasteiger charge is 2.20. The van der Waals surface area contributed by atoms with Gasteiger partial charge in [0, 0.05) is 55.2 Å². The van der Waals surface area contributed by atoms with Crippen molar-refractivity contribution < 1.29 is 9.53 Å². The summed E-state index contributed by atoms with van der Waals surface area (Å²) in [5.41, 5.74) is 3.26. The number of nitrogens with zero attached hydrogens (tertiary/aromatic N) is 5. The molecular formula is C26H25BrN6O2. The Hall–Kier alpha value is -3.72. The first-order valence-electron chi connectivity index (χ1n) is 11.3. The van der Waals surface area contributed by atoms with E-state index in [2.05, 4.69) is 54.0 Å². The second kappa shape index (κ2) is 9.87. The summed E-state index contributed by atoms with van der Waals surface area (Å²) in [4.78, 5) is 30.9. The van der Waals surface area contributed by atoms with Gasteiger partial charge in [-0.2, -0.15) is 0 Å². The van der Waals surface area contributed by atoms with Crippen LogP contribution in [-0.2, 0) is 0 Å². The number of hydrogen-bond donors (Lipinski definition) is 1. The lowest BCUT2D eigenvalue weighted by molar-refractivity contribution is 0.102. The van der Waals surface area contributed by atoms with Gasteiger partial charge < -0.3 is 19.9 Å². The van der Waals surface area contributed by atoms with Crippen LogP contribution in [0.4, 0.5) is 17.5 Å². The summed E-state index contributed by atoms with van der Waals surface area (Å²) in [6, 6.07) is 15.0. The summed E-state index contributed by atoms with van der Waals surface area (Å²) in [6.45, 7) is 5.46. The molecule has 3 heterocycles. The maximum absolute atomic E-state index is 12.8. The number of nitrogens with one attached hydrogen (secondary N) is 1. The Morgan fingerprint density at radius 2 is 1.74 bits per heavy atom. The fraction of sp³-hybridized carbons (Fsp3) is 0.231. The second-order valence-electron chi connectivity index (χ2n) is 8.36. The molecule has 2 aromatic carbocycles. The van der Waals surface area contributed by atoms with Crippen LogP contribution in [0.5, 0.6) is 5.75 Å². The van der Waals surface area contributed by atoms with Crippen LogP contribution in [0, 0.1) is 6.92 Å². The minimum Gasteiger partial charge on any atom is -0.496 e. The van der Waals surface area contributed by atoms with Crippen molar-refractivity contribution in [3.63, 3.8) is 0 Å². The number of aryl methyl sites for hydroxylation is 1. The molecular weight excluding hydrogens is 508 g/mol. The second-order valence-corrected chi connectivity index (χ2v) is 9.21. The molecule has 5 rings (SSSR count). The number of aromatic nitrogens is 3. The Kier molecular flexibility index (Phi) is 6.50. The van der Waals surface area contributed by atoms with Gasteiger partial charge >= 0.3 is 0 Å². The normalized spacial score (nSPS) is 13.7. The number of hydrogen-bond acceptors (Lipinski definition) is 7. The number of methoxy groups -OCH3 is 1. The average molecular weight is 533 g/mol. The summed E-state index contributed by atoms with van der Waals surface area (Å²) in [5, 5.41) is 3.99. The van der Waals surface area contributed by atoms with Crippen LogP contribution in [0.15, 0.2) is 65.4 Å². The number of carbonyl (C=O) groups excluding carboxylic acids is 1. The molecule has 0 atom stereocenters. The zero-order chi connectivity index (χ0) is 24.4. The Morgan fingerprint density at radius 1 is 1.00 bits per heavy atom. The lowest BCUT2D eigenvalue weighted by Gasteiger charge is -2.35. The lowest BCUT2D eigenvalue weighted by Crippen LogP contribution is -2.47. The third-order valence-electron chi connectivity index (χ3n) is 6.11. The Bertz CT molecular complexity index is 1370. The maximum Gasteiger partial charge on any atom is 0.255 e. The van der Waals surface area contributed by atoms with Gasteiger partial charge in [0.1, 0.15) is 11.6 Å². The molecule has 35 heavy (non-hydrogen) atoms. The van der Waals surface area contributed by atoms with E-state index in [0.717, 1.165) is 64.6 Å². The van der Waals surface area contributed by atoms with Crippen LogP contribution >= 0.6 is 15.9 Å². The largest absolute Gasteiger partial charge is 0.496 e. The predicted octanol–water partition coefficient (Wildman–Crippen LogP) is 4.68. The number of anilines is 3. The minimum atomic E-state index is -0.197. The molecule has 0 spiro atoms. The number of pyridine rings is 1. The molecule has 1 aliphatic heterocycles. The number of fused-ring (bicyclic) bond motifs is 1. The number of halogens is 1. The maximum atomic E-state index is 12.8. The van der Waals surface area contributed by atoms with Gasteiger partial charge in [0.15, 0.2) is 0 Å². The van der Waals surface area contributed by atoms with Crippen molar-refractivity contribution in [2.24, 2.45) is 0 Å². The summed E-state index contributed by atoms with van der Waals surface area (Å²) < 4.78 is 6.10. The molecule has 1 fully saturated rings. The molecule has 9 heteroatoms. The molecule has 0 radical (unpaired) electrons. The van der Waals surface area contributed by atoms with E-state index >= 15 is 0 Å². The smallest absolute Gasteiger partial charge is 0.255 e. The third-order valence-corrected chi connectivity index (χ3v) is 6.77. The van der Waals surface area contributed by atoms with Crippen molar-refractivity contribution in [2.75, 3.05) is 48.4 Å². The number of carbonyl (C=O) groups is 1. The van der Waals surface area contributed by atoms with E-state index < -0.39 is 0 Å². The highest BCUT2D eigenvalue weighted by atomic mass is 79.9. The Balaban J connectivity index is 1.31. The fourth-order valence-corrected chi connectivity index (χ4v) is 4.62. The summed E-state index contributed by atoms with van der Waals surface area (Å²) in [6.07, 6.45) is 3.55. The molecule has 0 bridgehead atoms. The number of amides is 1. The van der Waals surface area contributed by atoms with E-state index in [-0.39, 0.29) is 5.91 Å². The van der Waals surface area contributed by atoms with Crippen molar-refractivity contribution >= 4 is 50.2 Å². The summed E-state index contributed by atoms with van der Waals surface area (Å²) in [7, 11) is 1.58. The zero-order valence-electron chi connectivity index (χ0n) is 19.5. The third kappa shape index (κ3) is 4.90. The van der Waals surface area contributed by atoms with Crippen LogP contribution in [0.25, 0.3) is 10.9 Å². The first-order valence-corrected chi connectivity index (χ1v) is 12.1. The molecule has 0 unspecified atom stereocenters. The average Bonchev–Trinajstić information content (AvgIpc) is 2.89. The van der Waals surface area contributed by atoms with Crippen LogP contribution in [0.1, 0.15) is 15.9 Å². The summed E-state index contributed by atoms with van der Waals surface area (Å²) in [5.74, 6) is 2.15. The first-order chi connectivity index (χ1) is 17.0. The van der Waals surface area contributed by atoms with Crippen molar-refractivity contribution in [1.82, 2.24) is 15.0 Å². The lowest BCUT2D eigenvalue weighted by atomic mass is 10.1. The van der Waals surface area contributed by atoms with Crippen LogP contribution in [0.3, 0.4) is 0 Å². The van der Waals surface area contributed by atoms with Crippen LogP contribution < -0.4 is 19.9 Å². The molecule has 1 amide bonds. The molecule has 0 saturated carbocycles. The van der Waals surface area contributed by atoms with E-state index in [0.29, 0.717) is 11.3 Å². The van der Waals surface area contributed by atoms with Gasteiger partial charge in [-0.25, -0.2) is 15.0 Å². The number of piperazine rings is 1. The van der Waals surface area contributed by atoms with E-state index in [9.17, 15) is 4.79 Å². The van der Waals surface area contributed by atoms with E-state index in [1.165, 1.54) is 0 Å². The van der Waals surface area contributed by atoms with Crippen molar-refractivity contribution in [3.05, 3.63) is 76.5 Å². The van der Waals surface area contributed by atoms with Crippen LogP contribution in [-0.4, -0.2) is 54.1 Å². The van der Waals surface area contributed by atoms with E-state index in [4.69, 9.17) is 9.72 Å². The van der Waals surface area contributed by atoms with Crippen molar-refractivity contribution in [2.45, 2.75) is 6.92 Å². The predicted molar refractivity (Wildman–Crippen MR) is 142 cm³/mol. The van der Waals surface area contributed by atoms with Crippen molar-refractivity contribution in [3.8, 4) is 5.75 Å². The Labute approximate surface area is 212 Å². The van der Waals surface area contributed by atoms with Gasteiger partial charge in [0.05, 0.1) is 17.1 Å². The standard InChI is InChI=1S/C26H25BrN6O2/c1-17-14-24(32-10-12-33(13-11-32)26-28-8-3-9-29-26)31-22-7-5-19(16-20(17)22)30-25(34)18-4-6-21(27)23(15-18)35-2/h3-9,14-16H,10-13H2,1-2H3,(H,30,34). The van der Waals surface area contributed by atoms with Crippen molar-refractivity contribution in [1.29, 1.82) is 0 Å². The van der Waals surface area contributed by atoms with Gasteiger partial charge in [-0.15, -0.1) is 0 Å². The molecule has 1 aliphatic rings. The molecule has 8 nitrogen and oxygen atoms in total. The minimum absolute atomic E-state index is 0.197. The monoisotopic (exact) mass is 532 g/mol. The Morgan fingerprint density at radius 3 is 2.49 bits per heavy atom. The molecule has 0 aliphatic carbocycles. The molecule has 4 aromatic rings. The van der Waals surface area contributed by atoms with Gasteiger partial charge in [0.2, 0.25) is 5.95 Å². The highest BCUT2D eigenvalue weighted by Crippen LogP contribution is 2.28. The highest BCUT2D eigenvalue weighted by molar-refractivity contribution is 9.10. The number of benzene rings is 2. The topological polar surface area (TPSA) is 83.5 Å². The zero-order valence-corrected chi connectivity index (χ0v) is 21.1. The van der Waals surface area contributed by atoms with Gasteiger partial charge in [0.25, 0.3) is 5.91 Å². The quantitative estimate of drug-likeness (QED) is 0.399. The van der Waals surface area contributed by atoms with Gasteiger partial charge in [-0.3, -0.25) is 4.79 Å². The van der Waals surface area contributed by atoms with E-state index in [1.807, 2.05) is 24.3 Å². The van der Waals surface area contributed by atoms with Crippen LogP contribution in [0.2, 0.25) is 0 Å². The first kappa shape index (κ1) is 23.0. The molecule has 178 valence electrons. The summed E-state index contributed by atoms with van der Waals surface area (Å²) >= 11 is 3.41. The van der Waals surface area contributed by atoms with E-state index in [1.54, 1.807) is 37.7 Å². The molecule has 1 saturated heterocycles. The molecule has 2 aromatic heterocycles.